The standard InChI is InChI=1S/C24H15Cl2N3O2S3/c1-11-8-13(10-15(20(11)30)23-28-16-4-2-3-5-17(16)34-23)27-24(32)29-22(31)21-19(26)14-7-6-12(25)9-18(14)33-21/h2-10,30H,1H3,(H2,27,29,31,32). The van der Waals surface area contributed by atoms with Gasteiger partial charge in [-0.25, -0.2) is 4.98 Å². The maximum atomic E-state index is 12.8. The molecule has 5 aromatic rings. The zero-order valence-corrected chi connectivity index (χ0v) is 21.4. The molecule has 3 N–H and O–H groups in total. The number of rotatable bonds is 3. The molecule has 170 valence electrons. The fraction of sp³-hybridized carbons (Fsp3) is 0.0417. The quantitative estimate of drug-likeness (QED) is 0.161. The fourth-order valence-electron chi connectivity index (χ4n) is 3.51. The minimum atomic E-state index is -0.415. The molecule has 0 spiro atoms. The highest BCUT2D eigenvalue weighted by Crippen LogP contribution is 2.39. The molecular formula is C24H15Cl2N3O2S3. The summed E-state index contributed by atoms with van der Waals surface area (Å²) in [4.78, 5) is 17.8. The number of amides is 1. The summed E-state index contributed by atoms with van der Waals surface area (Å²) in [6, 6.07) is 16.6. The predicted octanol–water partition coefficient (Wildman–Crippen LogP) is 7.63. The number of halogens is 2. The number of thiazole rings is 1. The third kappa shape index (κ3) is 4.35. The molecule has 1 amide bonds. The number of thiocarbonyl (C=S) groups is 1. The van der Waals surface area contributed by atoms with Crippen LogP contribution in [0.4, 0.5) is 5.69 Å². The Bertz CT molecular complexity index is 1580. The minimum Gasteiger partial charge on any atom is -0.507 e. The lowest BCUT2D eigenvalue weighted by atomic mass is 10.1. The molecule has 0 fully saturated rings. The van der Waals surface area contributed by atoms with Crippen molar-refractivity contribution in [3.05, 3.63) is 75.1 Å². The van der Waals surface area contributed by atoms with Crippen molar-refractivity contribution >= 4 is 95.1 Å². The van der Waals surface area contributed by atoms with Gasteiger partial charge in [0, 0.05) is 20.8 Å². The topological polar surface area (TPSA) is 74.2 Å². The number of para-hydroxylation sites is 1. The number of aryl methyl sites for hydroxylation is 1. The van der Waals surface area contributed by atoms with Crippen LogP contribution in [0.2, 0.25) is 10.0 Å². The number of aromatic nitrogens is 1. The van der Waals surface area contributed by atoms with Crippen LogP contribution >= 0.6 is 58.1 Å². The van der Waals surface area contributed by atoms with Crippen molar-refractivity contribution in [1.29, 1.82) is 0 Å². The zero-order valence-electron chi connectivity index (χ0n) is 17.5. The van der Waals surface area contributed by atoms with Crippen molar-refractivity contribution in [1.82, 2.24) is 10.3 Å². The minimum absolute atomic E-state index is 0.108. The molecule has 0 aliphatic rings. The monoisotopic (exact) mass is 543 g/mol. The second-order valence-corrected chi connectivity index (χ2v) is 10.8. The molecule has 2 heterocycles. The molecule has 5 nitrogen and oxygen atoms in total. The third-order valence-corrected chi connectivity index (χ3v) is 8.27. The molecule has 2 aromatic heterocycles. The molecule has 0 aliphatic carbocycles. The lowest BCUT2D eigenvalue weighted by Gasteiger charge is -2.12. The summed E-state index contributed by atoms with van der Waals surface area (Å²) in [5.74, 6) is -0.267. The van der Waals surface area contributed by atoms with Gasteiger partial charge in [-0.2, -0.15) is 0 Å². The van der Waals surface area contributed by atoms with E-state index in [1.54, 1.807) is 37.3 Å². The molecular weight excluding hydrogens is 529 g/mol. The van der Waals surface area contributed by atoms with Crippen molar-refractivity contribution in [2.75, 3.05) is 5.32 Å². The normalized spacial score (nSPS) is 11.1. The van der Waals surface area contributed by atoms with Crippen molar-refractivity contribution < 1.29 is 9.90 Å². The Morgan fingerprint density at radius 3 is 2.65 bits per heavy atom. The number of fused-ring (bicyclic) bond motifs is 2. The largest absolute Gasteiger partial charge is 0.507 e. The Morgan fingerprint density at radius 1 is 1.06 bits per heavy atom. The predicted molar refractivity (Wildman–Crippen MR) is 147 cm³/mol. The number of phenols is 1. The Labute approximate surface area is 218 Å². The molecule has 34 heavy (non-hydrogen) atoms. The van der Waals surface area contributed by atoms with Gasteiger partial charge in [-0.3, -0.25) is 10.1 Å². The number of aromatic hydroxyl groups is 1. The number of carbonyl (C=O) groups is 1. The molecule has 5 rings (SSSR count). The highest BCUT2D eigenvalue weighted by molar-refractivity contribution is 7.80. The second kappa shape index (κ2) is 9.13. The summed E-state index contributed by atoms with van der Waals surface area (Å²) in [6.07, 6.45) is 0. The van der Waals surface area contributed by atoms with Crippen LogP contribution in [-0.4, -0.2) is 21.1 Å². The zero-order chi connectivity index (χ0) is 24.0. The summed E-state index contributed by atoms with van der Waals surface area (Å²) in [7, 11) is 0. The second-order valence-electron chi connectivity index (χ2n) is 7.47. The Morgan fingerprint density at radius 2 is 1.85 bits per heavy atom. The summed E-state index contributed by atoms with van der Waals surface area (Å²) in [5.41, 5.74) is 2.71. The number of benzene rings is 3. The molecule has 0 saturated heterocycles. The Balaban J connectivity index is 1.38. The van der Waals surface area contributed by atoms with Gasteiger partial charge >= 0.3 is 0 Å². The number of carbonyl (C=O) groups excluding carboxylic acids is 1. The first-order valence-corrected chi connectivity index (χ1v) is 12.8. The number of thiophene rings is 1. The number of anilines is 1. The first kappa shape index (κ1) is 23.0. The summed E-state index contributed by atoms with van der Waals surface area (Å²) in [6.45, 7) is 1.79. The van der Waals surface area contributed by atoms with Crippen LogP contribution in [0, 0.1) is 6.92 Å². The van der Waals surface area contributed by atoms with E-state index in [1.165, 1.54) is 22.7 Å². The van der Waals surface area contributed by atoms with E-state index < -0.39 is 5.91 Å². The van der Waals surface area contributed by atoms with Gasteiger partial charge in [-0.15, -0.1) is 22.7 Å². The molecule has 10 heteroatoms. The lowest BCUT2D eigenvalue weighted by molar-refractivity contribution is 0.0982. The van der Waals surface area contributed by atoms with E-state index >= 15 is 0 Å². The number of hydrogen-bond acceptors (Lipinski definition) is 6. The van der Waals surface area contributed by atoms with Crippen LogP contribution in [-0.2, 0) is 0 Å². The average molecular weight is 545 g/mol. The van der Waals surface area contributed by atoms with Gasteiger partial charge in [0.25, 0.3) is 5.91 Å². The SMILES string of the molecule is Cc1cc(NC(=S)NC(=O)c2sc3cc(Cl)ccc3c2Cl)cc(-c2nc3ccccc3s2)c1O. The number of nitrogens with one attached hydrogen (secondary N) is 2. The van der Waals surface area contributed by atoms with E-state index in [-0.39, 0.29) is 10.9 Å². The van der Waals surface area contributed by atoms with Crippen LogP contribution in [0.3, 0.4) is 0 Å². The Kier molecular flexibility index (Phi) is 6.18. The van der Waals surface area contributed by atoms with Gasteiger partial charge in [-0.05, 0) is 61.1 Å². The van der Waals surface area contributed by atoms with E-state index in [2.05, 4.69) is 15.6 Å². The van der Waals surface area contributed by atoms with Crippen LogP contribution in [0.1, 0.15) is 15.2 Å². The van der Waals surface area contributed by atoms with Gasteiger partial charge in [-0.1, -0.05) is 41.4 Å². The molecule has 3 aromatic carbocycles. The maximum absolute atomic E-state index is 12.8. The van der Waals surface area contributed by atoms with Crippen molar-refractivity contribution in [3.8, 4) is 16.3 Å². The van der Waals surface area contributed by atoms with Crippen molar-refractivity contribution in [2.24, 2.45) is 0 Å². The van der Waals surface area contributed by atoms with Gasteiger partial charge < -0.3 is 10.4 Å². The number of hydrogen-bond donors (Lipinski definition) is 3. The highest BCUT2D eigenvalue weighted by atomic mass is 35.5. The molecule has 0 atom stereocenters. The first-order valence-electron chi connectivity index (χ1n) is 9.99. The molecule has 0 unspecified atom stereocenters. The van der Waals surface area contributed by atoms with Crippen molar-refractivity contribution in [2.45, 2.75) is 6.92 Å². The smallest absolute Gasteiger partial charge is 0.269 e. The summed E-state index contributed by atoms with van der Waals surface area (Å²) in [5, 5.41) is 18.8. The van der Waals surface area contributed by atoms with Crippen LogP contribution in [0.25, 0.3) is 30.9 Å². The number of nitrogens with zero attached hydrogens (tertiary/aromatic N) is 1. The van der Waals surface area contributed by atoms with Gasteiger partial charge in [0.05, 0.1) is 20.8 Å². The van der Waals surface area contributed by atoms with Crippen LogP contribution in [0.5, 0.6) is 5.75 Å². The highest BCUT2D eigenvalue weighted by Gasteiger charge is 2.19. The maximum Gasteiger partial charge on any atom is 0.269 e. The first-order chi connectivity index (χ1) is 16.3. The van der Waals surface area contributed by atoms with E-state index in [0.717, 1.165) is 20.3 Å². The summed E-state index contributed by atoms with van der Waals surface area (Å²) < 4.78 is 1.84. The van der Waals surface area contributed by atoms with Crippen LogP contribution < -0.4 is 10.6 Å². The number of phenolic OH excluding ortho intramolecular Hbond substituents is 1. The van der Waals surface area contributed by atoms with Crippen molar-refractivity contribution in [3.63, 3.8) is 0 Å². The van der Waals surface area contributed by atoms with E-state index in [4.69, 9.17) is 35.4 Å². The van der Waals surface area contributed by atoms with Gasteiger partial charge in [0.15, 0.2) is 5.11 Å². The Hall–Kier alpha value is -2.75. The van der Waals surface area contributed by atoms with E-state index in [1.807, 2.05) is 24.3 Å². The molecule has 0 radical (unpaired) electrons. The fourth-order valence-corrected chi connectivity index (χ4v) is 6.39. The molecule has 0 saturated carbocycles. The van der Waals surface area contributed by atoms with E-state index in [0.29, 0.717) is 36.7 Å². The average Bonchev–Trinajstić information content (AvgIpc) is 3.37. The van der Waals surface area contributed by atoms with Gasteiger partial charge in [0.1, 0.15) is 15.6 Å². The third-order valence-electron chi connectivity index (χ3n) is 5.11. The van der Waals surface area contributed by atoms with Crippen LogP contribution in [0.15, 0.2) is 54.6 Å². The van der Waals surface area contributed by atoms with E-state index in [9.17, 15) is 9.90 Å². The molecule has 0 aliphatic heterocycles. The lowest BCUT2D eigenvalue weighted by Crippen LogP contribution is -2.33. The molecule has 0 bridgehead atoms. The van der Waals surface area contributed by atoms with Gasteiger partial charge in [0.2, 0.25) is 0 Å². The summed E-state index contributed by atoms with van der Waals surface area (Å²) >= 11 is 20.6.